The molecule has 0 fully saturated rings. The van der Waals surface area contributed by atoms with E-state index in [1.54, 1.807) is 37.6 Å². The standard InChI is InChI=1S/C18H22N6O2/c1-11(2)23(3)16-10-19-13(8-20-16)9-21-17(25)12-5-6-15-14(7-12)22-18(26)24(15)4/h5-8,10-11H,9H2,1-4H3,(H,21,25)(H,22,26). The van der Waals surface area contributed by atoms with Crippen molar-refractivity contribution in [1.82, 2.24) is 24.8 Å². The molecule has 1 amide bonds. The lowest BCUT2D eigenvalue weighted by Gasteiger charge is -2.22. The normalized spacial score (nSPS) is 11.1. The highest BCUT2D eigenvalue weighted by molar-refractivity contribution is 5.97. The zero-order valence-electron chi connectivity index (χ0n) is 15.3. The smallest absolute Gasteiger partial charge is 0.326 e. The molecule has 2 N–H and O–H groups in total. The molecular formula is C18H22N6O2. The maximum Gasteiger partial charge on any atom is 0.326 e. The maximum atomic E-state index is 12.4. The van der Waals surface area contributed by atoms with Crippen LogP contribution in [-0.4, -0.2) is 38.5 Å². The van der Waals surface area contributed by atoms with E-state index in [-0.39, 0.29) is 18.1 Å². The Hall–Kier alpha value is -3.16. The van der Waals surface area contributed by atoms with E-state index in [1.165, 1.54) is 4.57 Å². The zero-order chi connectivity index (χ0) is 18.8. The second kappa shape index (κ2) is 6.99. The van der Waals surface area contributed by atoms with E-state index in [2.05, 4.69) is 34.1 Å². The quantitative estimate of drug-likeness (QED) is 0.723. The van der Waals surface area contributed by atoms with Crippen LogP contribution in [0.15, 0.2) is 35.4 Å². The van der Waals surface area contributed by atoms with E-state index in [0.717, 1.165) is 11.3 Å². The topological polar surface area (TPSA) is 95.9 Å². The van der Waals surface area contributed by atoms with Gasteiger partial charge < -0.3 is 15.2 Å². The summed E-state index contributed by atoms with van der Waals surface area (Å²) < 4.78 is 1.50. The molecule has 0 spiro atoms. The maximum absolute atomic E-state index is 12.4. The molecule has 3 aromatic rings. The molecule has 1 aromatic carbocycles. The summed E-state index contributed by atoms with van der Waals surface area (Å²) in [5.74, 6) is 0.551. The van der Waals surface area contributed by atoms with Gasteiger partial charge in [0.25, 0.3) is 5.91 Å². The second-order valence-electron chi connectivity index (χ2n) is 6.47. The number of carbonyl (C=O) groups is 1. The molecule has 3 rings (SSSR count). The molecule has 0 aliphatic rings. The summed E-state index contributed by atoms with van der Waals surface area (Å²) in [6, 6.07) is 5.43. The van der Waals surface area contributed by atoms with Crippen molar-refractivity contribution in [2.45, 2.75) is 26.4 Å². The largest absolute Gasteiger partial charge is 0.356 e. The fraction of sp³-hybridized carbons (Fsp3) is 0.333. The van der Waals surface area contributed by atoms with Crippen LogP contribution in [0.2, 0.25) is 0 Å². The van der Waals surface area contributed by atoms with Gasteiger partial charge in [-0.2, -0.15) is 0 Å². The molecule has 26 heavy (non-hydrogen) atoms. The molecule has 136 valence electrons. The van der Waals surface area contributed by atoms with Crippen LogP contribution in [0, 0.1) is 0 Å². The van der Waals surface area contributed by atoms with Crippen molar-refractivity contribution in [1.29, 1.82) is 0 Å². The van der Waals surface area contributed by atoms with Crippen LogP contribution in [0.3, 0.4) is 0 Å². The number of aryl methyl sites for hydroxylation is 1. The molecule has 0 aliphatic carbocycles. The number of H-pyrrole nitrogens is 1. The van der Waals surface area contributed by atoms with Crippen molar-refractivity contribution in [3.05, 3.63) is 52.3 Å². The van der Waals surface area contributed by atoms with Crippen LogP contribution in [0.1, 0.15) is 29.9 Å². The molecule has 0 radical (unpaired) electrons. The number of carbonyl (C=O) groups excluding carboxylic acids is 1. The first kappa shape index (κ1) is 17.7. The lowest BCUT2D eigenvalue weighted by molar-refractivity contribution is 0.0950. The van der Waals surface area contributed by atoms with Gasteiger partial charge in [0.15, 0.2) is 0 Å². The lowest BCUT2D eigenvalue weighted by Crippen LogP contribution is -2.27. The Kier molecular flexibility index (Phi) is 4.75. The number of aromatic amines is 1. The van der Waals surface area contributed by atoms with Gasteiger partial charge in [0.05, 0.1) is 35.7 Å². The second-order valence-corrected chi connectivity index (χ2v) is 6.47. The van der Waals surface area contributed by atoms with Crippen LogP contribution in [0.25, 0.3) is 11.0 Å². The number of rotatable bonds is 5. The highest BCUT2D eigenvalue weighted by Gasteiger charge is 2.11. The minimum absolute atomic E-state index is 0.209. The summed E-state index contributed by atoms with van der Waals surface area (Å²) in [6.45, 7) is 4.43. The molecule has 8 nitrogen and oxygen atoms in total. The Morgan fingerprint density at radius 1 is 1.31 bits per heavy atom. The van der Waals surface area contributed by atoms with Crippen LogP contribution >= 0.6 is 0 Å². The number of imidazole rings is 1. The number of benzene rings is 1. The van der Waals surface area contributed by atoms with Gasteiger partial charge in [0.2, 0.25) is 0 Å². The predicted molar refractivity (Wildman–Crippen MR) is 100 cm³/mol. The number of nitrogens with one attached hydrogen (secondary N) is 2. The summed E-state index contributed by atoms with van der Waals surface area (Å²) >= 11 is 0. The average Bonchev–Trinajstić information content (AvgIpc) is 2.93. The number of fused-ring (bicyclic) bond motifs is 1. The van der Waals surface area contributed by atoms with Gasteiger partial charge in [-0.3, -0.25) is 14.3 Å². The Morgan fingerprint density at radius 2 is 2.08 bits per heavy atom. The Morgan fingerprint density at radius 3 is 2.73 bits per heavy atom. The van der Waals surface area contributed by atoms with Gasteiger partial charge in [0, 0.05) is 25.7 Å². The van der Waals surface area contributed by atoms with Gasteiger partial charge in [-0.25, -0.2) is 9.78 Å². The fourth-order valence-corrected chi connectivity index (χ4v) is 2.54. The molecule has 0 saturated heterocycles. The molecule has 2 aromatic heterocycles. The van der Waals surface area contributed by atoms with E-state index < -0.39 is 0 Å². The van der Waals surface area contributed by atoms with Crippen LogP contribution in [0.5, 0.6) is 0 Å². The summed E-state index contributed by atoms with van der Waals surface area (Å²) in [7, 11) is 3.64. The van der Waals surface area contributed by atoms with Crippen molar-refractivity contribution < 1.29 is 4.79 Å². The van der Waals surface area contributed by atoms with Gasteiger partial charge in [0.1, 0.15) is 5.82 Å². The van der Waals surface area contributed by atoms with Gasteiger partial charge in [-0.05, 0) is 32.0 Å². The third-order valence-corrected chi connectivity index (χ3v) is 4.42. The molecule has 0 bridgehead atoms. The first-order valence-corrected chi connectivity index (χ1v) is 8.37. The molecule has 8 heteroatoms. The monoisotopic (exact) mass is 354 g/mol. The van der Waals surface area contributed by atoms with E-state index in [4.69, 9.17) is 0 Å². The van der Waals surface area contributed by atoms with E-state index in [0.29, 0.717) is 22.8 Å². The summed E-state index contributed by atoms with van der Waals surface area (Å²) in [4.78, 5) is 37.4. The minimum atomic E-state index is -0.234. The van der Waals surface area contributed by atoms with Crippen molar-refractivity contribution in [3.63, 3.8) is 0 Å². The average molecular weight is 354 g/mol. The lowest BCUT2D eigenvalue weighted by atomic mass is 10.2. The first-order chi connectivity index (χ1) is 12.4. The van der Waals surface area contributed by atoms with Crippen LogP contribution < -0.4 is 15.9 Å². The number of hydrogen-bond acceptors (Lipinski definition) is 5. The van der Waals surface area contributed by atoms with E-state index in [9.17, 15) is 9.59 Å². The van der Waals surface area contributed by atoms with Crippen LogP contribution in [-0.2, 0) is 13.6 Å². The number of hydrogen-bond donors (Lipinski definition) is 2. The molecule has 2 heterocycles. The Balaban J connectivity index is 1.68. The van der Waals surface area contributed by atoms with Crippen molar-refractivity contribution >= 4 is 22.8 Å². The third-order valence-electron chi connectivity index (χ3n) is 4.42. The van der Waals surface area contributed by atoms with Crippen molar-refractivity contribution in [2.75, 3.05) is 11.9 Å². The number of amides is 1. The Bertz CT molecular complexity index is 987. The molecule has 0 atom stereocenters. The molecule has 0 saturated carbocycles. The van der Waals surface area contributed by atoms with Gasteiger partial charge >= 0.3 is 5.69 Å². The van der Waals surface area contributed by atoms with Crippen molar-refractivity contribution in [2.24, 2.45) is 7.05 Å². The highest BCUT2D eigenvalue weighted by atomic mass is 16.2. The highest BCUT2D eigenvalue weighted by Crippen LogP contribution is 2.13. The molecule has 0 aliphatic heterocycles. The summed E-state index contributed by atoms with van der Waals surface area (Å²) in [6.07, 6.45) is 3.36. The SMILES string of the molecule is CC(C)N(C)c1cnc(CNC(=O)c2ccc3c(c2)[nH]c(=O)n3C)cn1. The van der Waals surface area contributed by atoms with Crippen molar-refractivity contribution in [3.8, 4) is 0 Å². The zero-order valence-corrected chi connectivity index (χ0v) is 15.3. The Labute approximate surface area is 150 Å². The first-order valence-electron chi connectivity index (χ1n) is 8.37. The number of anilines is 1. The third kappa shape index (κ3) is 3.44. The minimum Gasteiger partial charge on any atom is -0.356 e. The fourth-order valence-electron chi connectivity index (χ4n) is 2.54. The molecular weight excluding hydrogens is 332 g/mol. The van der Waals surface area contributed by atoms with Gasteiger partial charge in [-0.1, -0.05) is 0 Å². The summed E-state index contributed by atoms with van der Waals surface area (Å²) in [5.41, 5.74) is 2.32. The number of aromatic nitrogens is 4. The number of nitrogens with zero attached hydrogens (tertiary/aromatic N) is 4. The molecule has 0 unspecified atom stereocenters. The predicted octanol–water partition coefficient (Wildman–Crippen LogP) is 1.43. The van der Waals surface area contributed by atoms with Crippen LogP contribution in [0.4, 0.5) is 5.82 Å². The van der Waals surface area contributed by atoms with E-state index >= 15 is 0 Å². The van der Waals surface area contributed by atoms with Gasteiger partial charge in [-0.15, -0.1) is 0 Å². The van der Waals surface area contributed by atoms with E-state index in [1.807, 2.05) is 11.9 Å². The summed E-state index contributed by atoms with van der Waals surface area (Å²) in [5, 5.41) is 2.82.